The molecule has 1 aliphatic rings. The van der Waals surface area contributed by atoms with Crippen molar-refractivity contribution in [1.29, 1.82) is 0 Å². The van der Waals surface area contributed by atoms with E-state index in [9.17, 15) is 35.5 Å². The van der Waals surface area contributed by atoms with E-state index in [1.165, 1.54) is 48.5 Å². The third-order valence-electron chi connectivity index (χ3n) is 7.90. The molecule has 4 N–H and O–H groups in total. The van der Waals surface area contributed by atoms with Gasteiger partial charge in [-0.2, -0.15) is 16.8 Å². The summed E-state index contributed by atoms with van der Waals surface area (Å²) in [6, 6.07) is 18.4. The Balaban J connectivity index is 0.00000312. The van der Waals surface area contributed by atoms with Crippen molar-refractivity contribution in [3.8, 4) is 0 Å². The van der Waals surface area contributed by atoms with Gasteiger partial charge < -0.3 is 10.6 Å². The molecule has 0 amide bonds. The number of carbonyl (C=O) groups is 2. The predicted octanol–water partition coefficient (Wildman–Crippen LogP) is 6.37. The normalized spacial score (nSPS) is 12.3. The molecule has 4 aromatic carbocycles. The zero-order chi connectivity index (χ0) is 33.2. The third kappa shape index (κ3) is 8.67. The van der Waals surface area contributed by atoms with Crippen LogP contribution in [-0.2, 0) is 33.1 Å². The van der Waals surface area contributed by atoms with Crippen LogP contribution in [0, 0.1) is 0 Å². The summed E-state index contributed by atoms with van der Waals surface area (Å²) >= 11 is 0. The molecule has 5 rings (SSSR count). The van der Waals surface area contributed by atoms with Crippen molar-refractivity contribution in [2.45, 2.75) is 62.2 Å². The van der Waals surface area contributed by atoms with Crippen LogP contribution in [0.25, 0.3) is 0 Å². The minimum Gasteiger partial charge on any atom is -0.354 e. The second kappa shape index (κ2) is 16.6. The van der Waals surface area contributed by atoms with E-state index in [0.717, 1.165) is 25.7 Å². The Bertz CT molecular complexity index is 1940. The van der Waals surface area contributed by atoms with E-state index in [0.29, 0.717) is 24.0 Å². The average Bonchev–Trinajstić information content (AvgIpc) is 3.02. The van der Waals surface area contributed by atoms with Gasteiger partial charge >= 0.3 is 0 Å². The Labute approximate surface area is 325 Å². The summed E-state index contributed by atoms with van der Waals surface area (Å²) in [4.78, 5) is 27.2. The van der Waals surface area contributed by atoms with Crippen LogP contribution in [0.4, 0.5) is 22.7 Å². The number of nitrogens with one attached hydrogen (secondary N) is 2. The molecule has 48 heavy (non-hydrogen) atoms. The van der Waals surface area contributed by atoms with E-state index in [2.05, 4.69) is 10.6 Å². The summed E-state index contributed by atoms with van der Waals surface area (Å²) in [6.45, 7) is 4.01. The van der Waals surface area contributed by atoms with Crippen LogP contribution < -0.4 is 10.6 Å². The van der Waals surface area contributed by atoms with E-state index >= 15 is 0 Å². The Morgan fingerprint density at radius 2 is 0.917 bits per heavy atom. The number of unbranched alkanes of at least 4 members (excludes halogenated alkanes) is 2. The second-order valence-electron chi connectivity index (χ2n) is 11.2. The summed E-state index contributed by atoms with van der Waals surface area (Å²) in [5.41, 5.74) is 1.76. The molecule has 0 aromatic heterocycles. The maximum absolute atomic E-state index is 14.0. The molecule has 0 bridgehead atoms. The number of hydrogen-bond donors (Lipinski definition) is 4. The topological polar surface area (TPSA) is 167 Å². The molecular weight excluding hydrogens is 674 g/mol. The predicted molar refractivity (Wildman–Crippen MR) is 188 cm³/mol. The largest absolute Gasteiger partial charge is 0.354 e. The van der Waals surface area contributed by atoms with Crippen LogP contribution in [0.2, 0.25) is 0 Å². The van der Waals surface area contributed by atoms with Crippen LogP contribution in [0.1, 0.15) is 82.5 Å². The maximum Gasteiger partial charge on any atom is 0.296 e. The maximum atomic E-state index is 14.0. The molecule has 4 aromatic rings. The van der Waals surface area contributed by atoms with Gasteiger partial charge in [0.2, 0.25) is 0 Å². The van der Waals surface area contributed by atoms with Gasteiger partial charge in [0.1, 0.15) is 9.79 Å². The van der Waals surface area contributed by atoms with Crippen molar-refractivity contribution in [2.75, 3.05) is 10.6 Å². The molecule has 1 aliphatic carbocycles. The molecule has 14 heteroatoms. The molecule has 0 aliphatic heterocycles. The fourth-order valence-corrected chi connectivity index (χ4v) is 6.96. The quantitative estimate of drug-likeness (QED) is 0.0845. The first-order chi connectivity index (χ1) is 21.8. The summed E-state index contributed by atoms with van der Waals surface area (Å²) < 4.78 is 69.7. The average molecular weight is 709 g/mol. The molecule has 0 fully saturated rings. The van der Waals surface area contributed by atoms with Crippen molar-refractivity contribution in [1.82, 2.24) is 0 Å². The van der Waals surface area contributed by atoms with Crippen molar-refractivity contribution < 1.29 is 35.5 Å². The molecule has 0 atom stereocenters. The Morgan fingerprint density at radius 3 is 1.25 bits per heavy atom. The molecule has 10 nitrogen and oxygen atoms in total. The van der Waals surface area contributed by atoms with Crippen LogP contribution in [0.3, 0.4) is 0 Å². The zero-order valence-electron chi connectivity index (χ0n) is 27.3. The first kappa shape index (κ1) is 40.1. The summed E-state index contributed by atoms with van der Waals surface area (Å²) in [5, 5.41) is 5.90. The molecule has 242 valence electrons. The standard InChI is InChI=1S/C34H34N2O8S2.2Na/c1-3-5-9-21-13-15-25(29(19-21)45(39,40)41)35-27-17-18-28(32-31(27)33(37)23-11-7-8-12-24(23)34(32)38)36-26-16-14-22(10-6-4-2)20-30(26)46(42,43)44;;/h7-8,11-20,35-36H,3-6,9-10H2,1-2H3,(H,39,40,41)(H,42,43,44);;. The molecule has 0 heterocycles. The Morgan fingerprint density at radius 1 is 0.562 bits per heavy atom. The smallest absolute Gasteiger partial charge is 0.296 e. The molecule has 2 radical (unpaired) electrons. The Kier molecular flexibility index (Phi) is 13.8. The van der Waals surface area contributed by atoms with Gasteiger partial charge in [-0.05, 0) is 73.2 Å². The number of fused-ring (bicyclic) bond motifs is 2. The SMILES string of the molecule is CCCCc1ccc(Nc2ccc(Nc3ccc(CCCC)cc3S(=O)(=O)O)c3c2C(=O)c2ccccc2C3=O)c(S(=O)(=O)O)c1.[Na].[Na]. The molecule has 0 unspecified atom stereocenters. The van der Waals surface area contributed by atoms with Crippen LogP contribution in [0.15, 0.2) is 82.6 Å². The first-order valence-corrected chi connectivity index (χ1v) is 17.8. The minimum absolute atomic E-state index is 0. The van der Waals surface area contributed by atoms with Crippen molar-refractivity contribution >= 4 is 114 Å². The number of carbonyl (C=O) groups excluding carboxylic acids is 2. The summed E-state index contributed by atoms with van der Waals surface area (Å²) in [7, 11) is -9.36. The van der Waals surface area contributed by atoms with E-state index in [-0.39, 0.29) is 114 Å². The minimum atomic E-state index is -4.68. The van der Waals surface area contributed by atoms with Crippen LogP contribution in [-0.4, -0.2) is 96.6 Å². The number of ketones is 2. The van der Waals surface area contributed by atoms with Gasteiger partial charge in [0.25, 0.3) is 20.2 Å². The second-order valence-corrected chi connectivity index (χ2v) is 14.0. The van der Waals surface area contributed by atoms with Gasteiger partial charge in [-0.15, -0.1) is 0 Å². The first-order valence-electron chi connectivity index (χ1n) is 14.9. The number of anilines is 4. The number of hydrogen-bond acceptors (Lipinski definition) is 8. The number of aryl methyl sites for hydroxylation is 2. The van der Waals surface area contributed by atoms with Crippen LogP contribution in [0.5, 0.6) is 0 Å². The van der Waals surface area contributed by atoms with E-state index < -0.39 is 31.8 Å². The van der Waals surface area contributed by atoms with Gasteiger partial charge in [-0.1, -0.05) is 63.1 Å². The van der Waals surface area contributed by atoms with Gasteiger partial charge in [-0.3, -0.25) is 18.7 Å². The molecular formula is C34H34N2Na2O8S2. The summed E-state index contributed by atoms with van der Waals surface area (Å²) in [6.07, 6.45) is 4.61. The van der Waals surface area contributed by atoms with E-state index in [1.54, 1.807) is 24.3 Å². The number of rotatable bonds is 12. The van der Waals surface area contributed by atoms with Crippen LogP contribution >= 0.6 is 0 Å². The molecule has 0 saturated heterocycles. The van der Waals surface area contributed by atoms with Crippen molar-refractivity contribution in [3.05, 3.63) is 106 Å². The van der Waals surface area contributed by atoms with E-state index in [4.69, 9.17) is 0 Å². The van der Waals surface area contributed by atoms with Crippen molar-refractivity contribution in [3.63, 3.8) is 0 Å². The fourth-order valence-electron chi connectivity index (χ4n) is 5.56. The molecule has 0 spiro atoms. The van der Waals surface area contributed by atoms with Crippen molar-refractivity contribution in [2.24, 2.45) is 0 Å². The Hall–Kier alpha value is -2.36. The molecule has 0 saturated carbocycles. The van der Waals surface area contributed by atoms with Gasteiger partial charge in [0.15, 0.2) is 11.6 Å². The fraction of sp³-hybridized carbons (Fsp3) is 0.235. The van der Waals surface area contributed by atoms with Gasteiger partial charge in [0, 0.05) is 70.2 Å². The van der Waals surface area contributed by atoms with Gasteiger partial charge in [-0.25, -0.2) is 0 Å². The van der Waals surface area contributed by atoms with E-state index in [1.807, 2.05) is 13.8 Å². The zero-order valence-corrected chi connectivity index (χ0v) is 33.0. The summed E-state index contributed by atoms with van der Waals surface area (Å²) in [5.74, 6) is -1.04. The third-order valence-corrected chi connectivity index (χ3v) is 9.69. The number of benzene rings is 4. The monoisotopic (exact) mass is 708 g/mol. The van der Waals surface area contributed by atoms with Gasteiger partial charge in [0.05, 0.1) is 33.9 Å².